The van der Waals surface area contributed by atoms with Crippen molar-refractivity contribution < 1.29 is 24.2 Å². The van der Waals surface area contributed by atoms with Crippen molar-refractivity contribution in [3.8, 4) is 5.75 Å². The molecule has 1 heterocycles. The lowest BCUT2D eigenvalue weighted by molar-refractivity contribution is -0.133. The number of nitrogens with zero attached hydrogens (tertiary/aromatic N) is 1. The van der Waals surface area contributed by atoms with Crippen LogP contribution in [0.4, 0.5) is 0 Å². The Bertz CT molecular complexity index is 569. The Kier molecular flexibility index (Phi) is 6.20. The SMILES string of the molecule is CO[C@@H]1C[C@@H](COc2ccc(C(=O)O)cc2)N(C(=O)CC(C)C)C1. The number of hydrogen-bond donors (Lipinski definition) is 1. The first kappa shape index (κ1) is 18.3. The van der Waals surface area contributed by atoms with Crippen LogP contribution in [0.5, 0.6) is 5.75 Å². The van der Waals surface area contributed by atoms with E-state index >= 15 is 0 Å². The summed E-state index contributed by atoms with van der Waals surface area (Å²) in [4.78, 5) is 25.1. The predicted molar refractivity (Wildman–Crippen MR) is 89.3 cm³/mol. The number of rotatable bonds is 7. The van der Waals surface area contributed by atoms with Crippen LogP contribution in [0.25, 0.3) is 0 Å². The molecule has 6 heteroatoms. The summed E-state index contributed by atoms with van der Waals surface area (Å²) in [5.41, 5.74) is 0.219. The standard InChI is InChI=1S/C18H25NO5/c1-12(2)8-17(20)19-10-16(23-3)9-14(19)11-24-15-6-4-13(5-7-15)18(21)22/h4-7,12,14,16H,8-11H2,1-3H3,(H,21,22)/t14-,16+/m0/s1. The third kappa shape index (κ3) is 4.71. The Hall–Kier alpha value is -2.08. The third-order valence-corrected chi connectivity index (χ3v) is 4.16. The average molecular weight is 335 g/mol. The number of amides is 1. The van der Waals surface area contributed by atoms with Crippen molar-refractivity contribution in [3.05, 3.63) is 29.8 Å². The Labute approximate surface area is 142 Å². The first-order valence-electron chi connectivity index (χ1n) is 8.19. The van der Waals surface area contributed by atoms with Gasteiger partial charge in [0.1, 0.15) is 12.4 Å². The summed E-state index contributed by atoms with van der Waals surface area (Å²) in [6.45, 7) is 5.01. The Morgan fingerprint density at radius 1 is 1.29 bits per heavy atom. The molecule has 2 rings (SSSR count). The van der Waals surface area contributed by atoms with Gasteiger partial charge in [-0.3, -0.25) is 4.79 Å². The maximum atomic E-state index is 12.4. The normalized spacial score (nSPS) is 20.4. The van der Waals surface area contributed by atoms with Crippen LogP contribution in [-0.2, 0) is 9.53 Å². The molecule has 1 saturated heterocycles. The third-order valence-electron chi connectivity index (χ3n) is 4.16. The fourth-order valence-electron chi connectivity index (χ4n) is 2.86. The zero-order chi connectivity index (χ0) is 17.7. The molecule has 0 bridgehead atoms. The molecule has 2 atom stereocenters. The van der Waals surface area contributed by atoms with E-state index in [2.05, 4.69) is 0 Å². The predicted octanol–water partition coefficient (Wildman–Crippen LogP) is 2.43. The van der Waals surface area contributed by atoms with Gasteiger partial charge in [0, 0.05) is 20.1 Å². The first-order valence-corrected chi connectivity index (χ1v) is 8.19. The van der Waals surface area contributed by atoms with Gasteiger partial charge < -0.3 is 19.5 Å². The van der Waals surface area contributed by atoms with Crippen LogP contribution in [0.2, 0.25) is 0 Å². The van der Waals surface area contributed by atoms with E-state index in [9.17, 15) is 9.59 Å². The van der Waals surface area contributed by atoms with Gasteiger partial charge in [0.2, 0.25) is 5.91 Å². The van der Waals surface area contributed by atoms with Crippen LogP contribution >= 0.6 is 0 Å². The quantitative estimate of drug-likeness (QED) is 0.828. The zero-order valence-electron chi connectivity index (χ0n) is 14.4. The molecule has 0 aromatic heterocycles. The topological polar surface area (TPSA) is 76.1 Å². The summed E-state index contributed by atoms with van der Waals surface area (Å²) in [6.07, 6.45) is 1.29. The lowest BCUT2D eigenvalue weighted by atomic mass is 10.1. The second-order valence-electron chi connectivity index (χ2n) is 6.53. The average Bonchev–Trinajstić information content (AvgIpc) is 2.96. The molecule has 0 radical (unpaired) electrons. The summed E-state index contributed by atoms with van der Waals surface area (Å²) in [5.74, 6) is 0.0615. The van der Waals surface area contributed by atoms with Crippen LogP contribution in [0.1, 0.15) is 37.0 Å². The van der Waals surface area contributed by atoms with Crippen LogP contribution in [0, 0.1) is 5.92 Å². The molecule has 24 heavy (non-hydrogen) atoms. The molecule has 0 spiro atoms. The maximum absolute atomic E-state index is 12.4. The monoisotopic (exact) mass is 335 g/mol. The Morgan fingerprint density at radius 2 is 1.96 bits per heavy atom. The molecule has 1 fully saturated rings. The molecule has 1 aliphatic rings. The van der Waals surface area contributed by atoms with E-state index in [1.807, 2.05) is 18.7 Å². The number of carboxylic acid groups (broad SMARTS) is 1. The Balaban J connectivity index is 1.97. The number of aromatic carboxylic acids is 1. The maximum Gasteiger partial charge on any atom is 0.335 e. The molecule has 1 aliphatic heterocycles. The molecular weight excluding hydrogens is 310 g/mol. The zero-order valence-corrected chi connectivity index (χ0v) is 14.4. The van der Waals surface area contributed by atoms with Crippen molar-refractivity contribution in [2.75, 3.05) is 20.3 Å². The lowest BCUT2D eigenvalue weighted by Gasteiger charge is -2.25. The van der Waals surface area contributed by atoms with E-state index in [1.165, 1.54) is 12.1 Å². The van der Waals surface area contributed by atoms with Gasteiger partial charge in [-0.25, -0.2) is 4.79 Å². The van der Waals surface area contributed by atoms with Crippen molar-refractivity contribution >= 4 is 11.9 Å². The largest absolute Gasteiger partial charge is 0.491 e. The number of carbonyl (C=O) groups excluding carboxylic acids is 1. The van der Waals surface area contributed by atoms with Gasteiger partial charge in [-0.2, -0.15) is 0 Å². The summed E-state index contributed by atoms with van der Waals surface area (Å²) in [6, 6.07) is 6.25. The number of carboxylic acids is 1. The number of hydrogen-bond acceptors (Lipinski definition) is 4. The molecule has 1 aromatic carbocycles. The van der Waals surface area contributed by atoms with Gasteiger partial charge in [-0.05, 0) is 36.6 Å². The molecule has 0 aliphatic carbocycles. The van der Waals surface area contributed by atoms with Crippen LogP contribution in [-0.4, -0.2) is 54.3 Å². The van der Waals surface area contributed by atoms with E-state index < -0.39 is 5.97 Å². The minimum atomic E-state index is -0.967. The van der Waals surface area contributed by atoms with Crippen LogP contribution < -0.4 is 4.74 Å². The van der Waals surface area contributed by atoms with Gasteiger partial charge in [0.05, 0.1) is 17.7 Å². The number of methoxy groups -OCH3 is 1. The molecule has 1 amide bonds. The smallest absolute Gasteiger partial charge is 0.335 e. The molecule has 0 unspecified atom stereocenters. The highest BCUT2D eigenvalue weighted by molar-refractivity contribution is 5.87. The Morgan fingerprint density at radius 3 is 2.50 bits per heavy atom. The van der Waals surface area contributed by atoms with Crippen LogP contribution in [0.3, 0.4) is 0 Å². The van der Waals surface area contributed by atoms with Crippen LogP contribution in [0.15, 0.2) is 24.3 Å². The van der Waals surface area contributed by atoms with Crippen molar-refractivity contribution in [2.45, 2.75) is 38.8 Å². The molecule has 1 aromatic rings. The van der Waals surface area contributed by atoms with E-state index in [4.69, 9.17) is 14.6 Å². The number of carbonyl (C=O) groups is 2. The summed E-state index contributed by atoms with van der Waals surface area (Å²) >= 11 is 0. The molecular formula is C18H25NO5. The van der Waals surface area contributed by atoms with Gasteiger partial charge in [-0.1, -0.05) is 13.8 Å². The second kappa shape index (κ2) is 8.15. The number of benzene rings is 1. The highest BCUT2D eigenvalue weighted by atomic mass is 16.5. The first-order chi connectivity index (χ1) is 11.4. The highest BCUT2D eigenvalue weighted by Gasteiger charge is 2.35. The molecule has 132 valence electrons. The van der Waals surface area contributed by atoms with E-state index in [-0.39, 0.29) is 23.6 Å². The fourth-order valence-corrected chi connectivity index (χ4v) is 2.86. The second-order valence-corrected chi connectivity index (χ2v) is 6.53. The van der Waals surface area contributed by atoms with Gasteiger partial charge in [0.15, 0.2) is 0 Å². The van der Waals surface area contributed by atoms with Crippen molar-refractivity contribution in [3.63, 3.8) is 0 Å². The van der Waals surface area contributed by atoms with Crippen molar-refractivity contribution in [2.24, 2.45) is 5.92 Å². The fraction of sp³-hybridized carbons (Fsp3) is 0.556. The summed E-state index contributed by atoms with van der Waals surface area (Å²) < 4.78 is 11.2. The molecule has 6 nitrogen and oxygen atoms in total. The molecule has 1 N–H and O–H groups in total. The summed E-state index contributed by atoms with van der Waals surface area (Å²) in [5, 5.41) is 8.90. The van der Waals surface area contributed by atoms with E-state index in [0.717, 1.165) is 6.42 Å². The van der Waals surface area contributed by atoms with Gasteiger partial charge in [0.25, 0.3) is 0 Å². The van der Waals surface area contributed by atoms with E-state index in [1.54, 1.807) is 19.2 Å². The number of ether oxygens (including phenoxy) is 2. The molecule has 0 saturated carbocycles. The van der Waals surface area contributed by atoms with Gasteiger partial charge in [-0.15, -0.1) is 0 Å². The minimum Gasteiger partial charge on any atom is -0.491 e. The van der Waals surface area contributed by atoms with Gasteiger partial charge >= 0.3 is 5.97 Å². The lowest BCUT2D eigenvalue weighted by Crippen LogP contribution is -2.39. The minimum absolute atomic E-state index is 0.0275. The van der Waals surface area contributed by atoms with Crippen molar-refractivity contribution in [1.82, 2.24) is 4.90 Å². The van der Waals surface area contributed by atoms with Crippen molar-refractivity contribution in [1.29, 1.82) is 0 Å². The number of likely N-dealkylation sites (tertiary alicyclic amines) is 1. The highest BCUT2D eigenvalue weighted by Crippen LogP contribution is 2.23. The van der Waals surface area contributed by atoms with E-state index in [0.29, 0.717) is 31.2 Å². The summed E-state index contributed by atoms with van der Waals surface area (Å²) in [7, 11) is 1.66.